The fourth-order valence-corrected chi connectivity index (χ4v) is 4.12. The zero-order chi connectivity index (χ0) is 22.3. The SMILES string of the molecule is CN1CCC(n2cc(Nc3ncc(Br)c(NCCCN4CC=COCC4=O)n3)cn2)CC1. The highest BCUT2D eigenvalue weighted by molar-refractivity contribution is 9.10. The van der Waals surface area contributed by atoms with Crippen LogP contribution in [0.25, 0.3) is 0 Å². The van der Waals surface area contributed by atoms with Crippen LogP contribution < -0.4 is 10.6 Å². The summed E-state index contributed by atoms with van der Waals surface area (Å²) in [5.41, 5.74) is 0.868. The van der Waals surface area contributed by atoms with Gasteiger partial charge in [-0.15, -0.1) is 0 Å². The highest BCUT2D eigenvalue weighted by Crippen LogP contribution is 2.25. The maximum atomic E-state index is 12.0. The Balaban J connectivity index is 1.29. The zero-order valence-electron chi connectivity index (χ0n) is 18.2. The summed E-state index contributed by atoms with van der Waals surface area (Å²) in [6.07, 6.45) is 12.0. The van der Waals surface area contributed by atoms with Gasteiger partial charge in [-0.3, -0.25) is 9.48 Å². The second kappa shape index (κ2) is 10.8. The molecular formula is C21H29BrN8O2. The molecule has 11 heteroatoms. The number of hydrogen-bond acceptors (Lipinski definition) is 8. The van der Waals surface area contributed by atoms with Crippen molar-refractivity contribution in [3.63, 3.8) is 0 Å². The molecule has 0 radical (unpaired) electrons. The van der Waals surface area contributed by atoms with Crippen molar-refractivity contribution in [2.75, 3.05) is 57.0 Å². The van der Waals surface area contributed by atoms with E-state index in [9.17, 15) is 4.79 Å². The second-order valence-electron chi connectivity index (χ2n) is 8.06. The van der Waals surface area contributed by atoms with E-state index in [1.807, 2.05) is 23.2 Å². The minimum atomic E-state index is 0.00509. The monoisotopic (exact) mass is 504 g/mol. The first-order valence-electron chi connectivity index (χ1n) is 10.9. The number of rotatable bonds is 8. The molecule has 0 bridgehead atoms. The number of likely N-dealkylation sites (tertiary alicyclic amines) is 1. The molecule has 4 heterocycles. The first-order valence-corrected chi connectivity index (χ1v) is 11.7. The van der Waals surface area contributed by atoms with Gasteiger partial charge in [-0.2, -0.15) is 10.1 Å². The molecule has 2 aliphatic heterocycles. The van der Waals surface area contributed by atoms with Crippen LogP contribution >= 0.6 is 15.9 Å². The average Bonchev–Trinajstić information content (AvgIpc) is 3.15. The van der Waals surface area contributed by atoms with Gasteiger partial charge in [0.05, 0.1) is 28.7 Å². The summed E-state index contributed by atoms with van der Waals surface area (Å²) in [5.74, 6) is 1.21. The van der Waals surface area contributed by atoms with E-state index in [4.69, 9.17) is 4.74 Å². The molecule has 1 fully saturated rings. The third kappa shape index (κ3) is 5.98. The number of carbonyl (C=O) groups excluding carboxylic acids is 1. The van der Waals surface area contributed by atoms with E-state index in [2.05, 4.69) is 53.6 Å². The highest BCUT2D eigenvalue weighted by Gasteiger charge is 2.19. The molecule has 0 saturated carbocycles. The first kappa shape index (κ1) is 22.5. The molecule has 0 spiro atoms. The van der Waals surface area contributed by atoms with E-state index in [0.29, 0.717) is 37.4 Å². The van der Waals surface area contributed by atoms with E-state index in [1.54, 1.807) is 17.4 Å². The van der Waals surface area contributed by atoms with Crippen LogP contribution in [0.1, 0.15) is 25.3 Å². The molecule has 32 heavy (non-hydrogen) atoms. The Morgan fingerprint density at radius 3 is 2.97 bits per heavy atom. The largest absolute Gasteiger partial charge is 0.492 e. The standard InChI is InChI=1S/C21H29BrN8O2/c1-28-9-4-17(5-10-28)30-14-16(12-25-30)26-21-24-13-18(22)20(27-21)23-6-2-7-29-8-3-11-32-15-19(29)31/h3,11-14,17H,2,4-10,15H2,1H3,(H2,23,24,26,27). The molecule has 2 aliphatic rings. The Kier molecular flexibility index (Phi) is 7.59. The Morgan fingerprint density at radius 2 is 2.12 bits per heavy atom. The van der Waals surface area contributed by atoms with Crippen LogP contribution in [-0.4, -0.2) is 81.8 Å². The Labute approximate surface area is 196 Å². The maximum Gasteiger partial charge on any atom is 0.260 e. The predicted molar refractivity (Wildman–Crippen MR) is 126 cm³/mol. The molecule has 0 atom stereocenters. The summed E-state index contributed by atoms with van der Waals surface area (Å²) in [6.45, 7) is 4.20. The van der Waals surface area contributed by atoms with Crippen molar-refractivity contribution in [3.05, 3.63) is 35.4 Å². The third-order valence-electron chi connectivity index (χ3n) is 5.64. The number of carbonyl (C=O) groups is 1. The molecule has 0 aliphatic carbocycles. The molecule has 4 rings (SSSR count). The lowest BCUT2D eigenvalue weighted by Crippen LogP contribution is -2.34. The lowest BCUT2D eigenvalue weighted by molar-refractivity contribution is -0.133. The van der Waals surface area contributed by atoms with Gasteiger partial charge in [-0.25, -0.2) is 4.98 Å². The summed E-state index contributed by atoms with van der Waals surface area (Å²) in [7, 11) is 2.16. The molecule has 2 N–H and O–H groups in total. The fourth-order valence-electron chi connectivity index (χ4n) is 3.79. The van der Waals surface area contributed by atoms with Gasteiger partial charge >= 0.3 is 0 Å². The van der Waals surface area contributed by atoms with Crippen molar-refractivity contribution in [3.8, 4) is 0 Å². The van der Waals surface area contributed by atoms with Crippen molar-refractivity contribution in [2.45, 2.75) is 25.3 Å². The molecular weight excluding hydrogens is 476 g/mol. The normalized spacial score (nSPS) is 17.8. The van der Waals surface area contributed by atoms with Crippen LogP contribution in [-0.2, 0) is 9.53 Å². The van der Waals surface area contributed by atoms with Gasteiger partial charge in [-0.1, -0.05) is 0 Å². The molecule has 2 aromatic heterocycles. The highest BCUT2D eigenvalue weighted by atomic mass is 79.9. The predicted octanol–water partition coefficient (Wildman–Crippen LogP) is 2.62. The molecule has 0 aromatic carbocycles. The molecule has 0 unspecified atom stereocenters. The Bertz CT molecular complexity index is 942. The minimum Gasteiger partial charge on any atom is -0.492 e. The smallest absolute Gasteiger partial charge is 0.260 e. The van der Waals surface area contributed by atoms with Gasteiger partial charge in [0, 0.05) is 32.0 Å². The Hall–Kier alpha value is -2.66. The van der Waals surface area contributed by atoms with E-state index in [1.165, 1.54) is 0 Å². The number of amides is 1. The second-order valence-corrected chi connectivity index (χ2v) is 8.92. The van der Waals surface area contributed by atoms with Crippen LogP contribution in [0.3, 0.4) is 0 Å². The molecule has 1 saturated heterocycles. The zero-order valence-corrected chi connectivity index (χ0v) is 19.8. The van der Waals surface area contributed by atoms with Crippen LogP contribution in [0.5, 0.6) is 0 Å². The van der Waals surface area contributed by atoms with E-state index in [0.717, 1.165) is 42.5 Å². The number of anilines is 3. The van der Waals surface area contributed by atoms with Gasteiger partial charge in [0.15, 0.2) is 6.61 Å². The van der Waals surface area contributed by atoms with Crippen molar-refractivity contribution in [2.24, 2.45) is 0 Å². The topological polar surface area (TPSA) is 100 Å². The average molecular weight is 505 g/mol. The summed E-state index contributed by atoms with van der Waals surface area (Å²) in [5, 5.41) is 11.1. The van der Waals surface area contributed by atoms with Gasteiger partial charge in [0.25, 0.3) is 5.91 Å². The number of aromatic nitrogens is 4. The number of hydrogen-bond donors (Lipinski definition) is 2. The van der Waals surface area contributed by atoms with Crippen molar-refractivity contribution in [1.82, 2.24) is 29.5 Å². The molecule has 1 amide bonds. The summed E-state index contributed by atoms with van der Waals surface area (Å²) in [6, 6.07) is 0.433. The van der Waals surface area contributed by atoms with Crippen LogP contribution in [0.4, 0.5) is 17.5 Å². The van der Waals surface area contributed by atoms with Gasteiger partial charge in [0.1, 0.15) is 5.82 Å². The van der Waals surface area contributed by atoms with Crippen molar-refractivity contribution in [1.29, 1.82) is 0 Å². The summed E-state index contributed by atoms with van der Waals surface area (Å²) >= 11 is 3.50. The lowest BCUT2D eigenvalue weighted by atomic mass is 10.1. The lowest BCUT2D eigenvalue weighted by Gasteiger charge is -2.28. The van der Waals surface area contributed by atoms with Crippen molar-refractivity contribution < 1.29 is 9.53 Å². The van der Waals surface area contributed by atoms with E-state index < -0.39 is 0 Å². The molecule has 10 nitrogen and oxygen atoms in total. The number of nitrogens with one attached hydrogen (secondary N) is 2. The third-order valence-corrected chi connectivity index (χ3v) is 6.22. The maximum absolute atomic E-state index is 12.0. The number of nitrogens with zero attached hydrogens (tertiary/aromatic N) is 6. The van der Waals surface area contributed by atoms with E-state index >= 15 is 0 Å². The van der Waals surface area contributed by atoms with Crippen molar-refractivity contribution >= 4 is 39.3 Å². The van der Waals surface area contributed by atoms with E-state index in [-0.39, 0.29) is 12.5 Å². The molecule has 2 aromatic rings. The van der Waals surface area contributed by atoms with Crippen LogP contribution in [0.2, 0.25) is 0 Å². The van der Waals surface area contributed by atoms with Crippen LogP contribution in [0.15, 0.2) is 35.4 Å². The number of piperidine rings is 1. The molecule has 172 valence electrons. The fraction of sp³-hybridized carbons (Fsp3) is 0.524. The summed E-state index contributed by atoms with van der Waals surface area (Å²) in [4.78, 5) is 25.0. The van der Waals surface area contributed by atoms with Crippen LogP contribution in [0, 0.1) is 0 Å². The van der Waals surface area contributed by atoms with Gasteiger partial charge in [0.2, 0.25) is 5.95 Å². The van der Waals surface area contributed by atoms with Gasteiger partial charge in [-0.05, 0) is 61.4 Å². The summed E-state index contributed by atoms with van der Waals surface area (Å²) < 4.78 is 7.93. The number of ether oxygens (including phenoxy) is 1. The minimum absolute atomic E-state index is 0.00509. The Morgan fingerprint density at radius 1 is 1.28 bits per heavy atom. The quantitative estimate of drug-likeness (QED) is 0.529. The van der Waals surface area contributed by atoms with Gasteiger partial charge < -0.3 is 25.2 Å². The number of halogens is 1. The first-order chi connectivity index (χ1) is 15.6.